The van der Waals surface area contributed by atoms with E-state index in [0.29, 0.717) is 18.2 Å². The van der Waals surface area contributed by atoms with Gasteiger partial charge in [-0.15, -0.1) is 0 Å². The fourth-order valence-corrected chi connectivity index (χ4v) is 2.78. The fraction of sp³-hybridized carbons (Fsp3) is 0.667. The molecule has 0 fully saturated rings. The second kappa shape index (κ2) is 6.97. The molecule has 0 aliphatic carbocycles. The largest absolute Gasteiger partial charge is 0.390 e. The second-order valence-corrected chi connectivity index (χ2v) is 5.45. The van der Waals surface area contributed by atoms with Gasteiger partial charge >= 0.3 is 6.18 Å². The number of hydrogen-bond donors (Lipinski definition) is 1. The molecule has 1 rings (SSSR count). The van der Waals surface area contributed by atoms with Crippen LogP contribution in [-0.4, -0.2) is 48.6 Å². The lowest BCUT2D eigenvalue weighted by atomic mass is 10.3. The summed E-state index contributed by atoms with van der Waals surface area (Å²) >= 11 is 1.10. The van der Waals surface area contributed by atoms with E-state index in [0.717, 1.165) is 16.2 Å². The number of hydrogen-bond acceptors (Lipinski definition) is 5. The fourth-order valence-electron chi connectivity index (χ4n) is 1.67. The number of carbonyl (C=O) groups excluding carboxylic acids is 1. The van der Waals surface area contributed by atoms with Crippen LogP contribution in [0.15, 0.2) is 0 Å². The highest BCUT2D eigenvalue weighted by Gasteiger charge is 2.29. The van der Waals surface area contributed by atoms with Crippen molar-refractivity contribution in [2.24, 2.45) is 0 Å². The maximum Gasteiger partial charge on any atom is 0.390 e. The summed E-state index contributed by atoms with van der Waals surface area (Å²) in [5.74, 6) is -0.474. The summed E-state index contributed by atoms with van der Waals surface area (Å²) in [6.07, 6.45) is -5.34. The molecule has 120 valence electrons. The number of nitrogens with zero attached hydrogens (tertiary/aromatic N) is 3. The van der Waals surface area contributed by atoms with Crippen molar-refractivity contribution in [2.45, 2.75) is 26.4 Å². The van der Waals surface area contributed by atoms with Crippen LogP contribution in [-0.2, 0) is 0 Å². The average Bonchev–Trinajstić information content (AvgIpc) is 2.77. The van der Waals surface area contributed by atoms with Gasteiger partial charge in [0.15, 0.2) is 5.13 Å². The Morgan fingerprint density at radius 1 is 1.33 bits per heavy atom. The highest BCUT2D eigenvalue weighted by atomic mass is 32.1. The van der Waals surface area contributed by atoms with Crippen molar-refractivity contribution in [3.63, 3.8) is 0 Å². The summed E-state index contributed by atoms with van der Waals surface area (Å²) in [6, 6.07) is 0. The van der Waals surface area contributed by atoms with E-state index < -0.39 is 25.0 Å². The zero-order valence-corrected chi connectivity index (χ0v) is 13.0. The number of nitrogen functional groups attached to an aromatic ring is 1. The third-order valence-corrected chi connectivity index (χ3v) is 4.07. The van der Waals surface area contributed by atoms with Crippen LogP contribution >= 0.6 is 11.3 Å². The highest BCUT2D eigenvalue weighted by Crippen LogP contribution is 2.29. The van der Waals surface area contributed by atoms with E-state index >= 15 is 0 Å². The standard InChI is InChI=1S/C12H19F3N4OS/c1-4-19(5-2)11-17-9(16)8(21-11)10(20)18(3)7-6-12(13,14)15/h4-7,16H2,1-3H3. The minimum Gasteiger partial charge on any atom is -0.382 e. The monoisotopic (exact) mass is 324 g/mol. The molecule has 5 nitrogen and oxygen atoms in total. The van der Waals surface area contributed by atoms with Crippen LogP contribution in [0.3, 0.4) is 0 Å². The predicted octanol–water partition coefficient (Wildman–Crippen LogP) is 2.60. The van der Waals surface area contributed by atoms with Crippen LogP contribution < -0.4 is 10.6 Å². The Hall–Kier alpha value is -1.51. The topological polar surface area (TPSA) is 62.5 Å². The summed E-state index contributed by atoms with van der Waals surface area (Å²) in [4.78, 5) is 19.4. The lowest BCUT2D eigenvalue weighted by Crippen LogP contribution is -2.30. The van der Waals surface area contributed by atoms with Gasteiger partial charge in [-0.05, 0) is 13.8 Å². The first kappa shape index (κ1) is 17.5. The van der Waals surface area contributed by atoms with Crippen LogP contribution in [0.2, 0.25) is 0 Å². The number of nitrogens with two attached hydrogens (primary N) is 1. The maximum absolute atomic E-state index is 12.2. The van der Waals surface area contributed by atoms with Gasteiger partial charge in [0.05, 0.1) is 6.42 Å². The number of aromatic nitrogens is 1. The normalized spacial score (nSPS) is 11.5. The first-order valence-corrected chi connectivity index (χ1v) is 7.34. The molecule has 0 aliphatic rings. The van der Waals surface area contributed by atoms with Gasteiger partial charge in [-0.3, -0.25) is 4.79 Å². The number of thiazole rings is 1. The molecule has 0 aliphatic heterocycles. The predicted molar refractivity (Wildman–Crippen MR) is 77.7 cm³/mol. The molecular formula is C12H19F3N4OS. The van der Waals surface area contributed by atoms with E-state index in [1.165, 1.54) is 7.05 Å². The Morgan fingerprint density at radius 2 is 1.90 bits per heavy atom. The van der Waals surface area contributed by atoms with Crippen molar-refractivity contribution in [3.8, 4) is 0 Å². The molecule has 1 heterocycles. The summed E-state index contributed by atoms with van der Waals surface area (Å²) in [6.45, 7) is 4.90. The van der Waals surface area contributed by atoms with Crippen molar-refractivity contribution in [3.05, 3.63) is 4.88 Å². The number of anilines is 2. The third kappa shape index (κ3) is 4.76. The zero-order valence-electron chi connectivity index (χ0n) is 12.2. The van der Waals surface area contributed by atoms with E-state index in [1.54, 1.807) is 0 Å². The van der Waals surface area contributed by atoms with Gasteiger partial charge in [0.25, 0.3) is 5.91 Å². The van der Waals surface area contributed by atoms with Gasteiger partial charge in [-0.25, -0.2) is 4.98 Å². The van der Waals surface area contributed by atoms with Crippen molar-refractivity contribution >= 4 is 28.2 Å². The van der Waals surface area contributed by atoms with Gasteiger partial charge < -0.3 is 15.5 Å². The Kier molecular flexibility index (Phi) is 5.82. The van der Waals surface area contributed by atoms with Crippen LogP contribution in [0.5, 0.6) is 0 Å². The van der Waals surface area contributed by atoms with E-state index in [1.807, 2.05) is 18.7 Å². The van der Waals surface area contributed by atoms with E-state index in [-0.39, 0.29) is 10.7 Å². The van der Waals surface area contributed by atoms with Crippen molar-refractivity contribution in [1.29, 1.82) is 0 Å². The van der Waals surface area contributed by atoms with Crippen molar-refractivity contribution in [2.75, 3.05) is 37.3 Å². The molecule has 0 saturated carbocycles. The molecule has 0 unspecified atom stereocenters. The summed E-state index contributed by atoms with van der Waals surface area (Å²) < 4.78 is 36.6. The molecule has 1 aromatic heterocycles. The Balaban J connectivity index is 2.83. The van der Waals surface area contributed by atoms with Gasteiger partial charge in [0.1, 0.15) is 10.7 Å². The Morgan fingerprint density at radius 3 is 2.38 bits per heavy atom. The molecule has 9 heteroatoms. The summed E-state index contributed by atoms with van der Waals surface area (Å²) in [5, 5.41) is 0.602. The number of halogens is 3. The van der Waals surface area contributed by atoms with Gasteiger partial charge in [-0.2, -0.15) is 13.2 Å². The molecular weight excluding hydrogens is 305 g/mol. The molecule has 0 spiro atoms. The summed E-state index contributed by atoms with van der Waals surface area (Å²) in [7, 11) is 1.32. The molecule has 1 amide bonds. The van der Waals surface area contributed by atoms with Gasteiger partial charge in [0.2, 0.25) is 0 Å². The van der Waals surface area contributed by atoms with Crippen LogP contribution in [0, 0.1) is 0 Å². The van der Waals surface area contributed by atoms with E-state index in [4.69, 9.17) is 5.73 Å². The van der Waals surface area contributed by atoms with Crippen LogP contribution in [0.25, 0.3) is 0 Å². The van der Waals surface area contributed by atoms with Crippen LogP contribution in [0.4, 0.5) is 24.1 Å². The molecule has 1 aromatic rings. The lowest BCUT2D eigenvalue weighted by molar-refractivity contribution is -0.136. The van der Waals surface area contributed by atoms with Crippen molar-refractivity contribution in [1.82, 2.24) is 9.88 Å². The minimum absolute atomic E-state index is 0.0609. The molecule has 0 atom stereocenters. The molecule has 2 N–H and O–H groups in total. The summed E-state index contributed by atoms with van der Waals surface area (Å²) in [5.41, 5.74) is 5.71. The Labute approximate surface area is 125 Å². The maximum atomic E-state index is 12.2. The number of alkyl halides is 3. The Bertz CT molecular complexity index is 485. The van der Waals surface area contributed by atoms with Gasteiger partial charge in [-0.1, -0.05) is 11.3 Å². The van der Waals surface area contributed by atoms with E-state index in [9.17, 15) is 18.0 Å². The molecule has 21 heavy (non-hydrogen) atoms. The van der Waals surface area contributed by atoms with Crippen molar-refractivity contribution < 1.29 is 18.0 Å². The number of amides is 1. The number of carbonyl (C=O) groups is 1. The lowest BCUT2D eigenvalue weighted by Gasteiger charge is -2.17. The zero-order chi connectivity index (χ0) is 16.2. The van der Waals surface area contributed by atoms with Gasteiger partial charge in [0, 0.05) is 26.7 Å². The average molecular weight is 324 g/mol. The molecule has 0 aromatic carbocycles. The number of rotatable bonds is 6. The molecule has 0 bridgehead atoms. The SMILES string of the molecule is CCN(CC)c1nc(N)c(C(=O)N(C)CCC(F)(F)F)s1. The minimum atomic E-state index is -4.29. The first-order valence-electron chi connectivity index (χ1n) is 6.53. The quantitative estimate of drug-likeness (QED) is 0.874. The molecule has 0 saturated heterocycles. The molecule has 0 radical (unpaired) electrons. The first-order chi connectivity index (χ1) is 9.69. The third-order valence-electron chi connectivity index (χ3n) is 2.95. The van der Waals surface area contributed by atoms with E-state index in [2.05, 4.69) is 4.98 Å². The smallest absolute Gasteiger partial charge is 0.382 e. The second-order valence-electron chi connectivity index (χ2n) is 4.47. The van der Waals surface area contributed by atoms with Crippen LogP contribution in [0.1, 0.15) is 29.9 Å². The highest BCUT2D eigenvalue weighted by molar-refractivity contribution is 7.18.